The van der Waals surface area contributed by atoms with Gasteiger partial charge in [-0.2, -0.15) is 0 Å². The van der Waals surface area contributed by atoms with E-state index >= 15 is 0 Å². The van der Waals surface area contributed by atoms with E-state index in [9.17, 15) is 13.2 Å². The van der Waals surface area contributed by atoms with Crippen LogP contribution in [0.4, 0.5) is 4.79 Å². The molecule has 0 radical (unpaired) electrons. The molecule has 0 aromatic heterocycles. The van der Waals surface area contributed by atoms with E-state index in [4.69, 9.17) is 4.74 Å². The lowest BCUT2D eigenvalue weighted by molar-refractivity contribution is 0.0966. The molecule has 0 spiro atoms. The van der Waals surface area contributed by atoms with Crippen LogP contribution in [-0.2, 0) is 14.6 Å². The Morgan fingerprint density at radius 1 is 1.47 bits per heavy atom. The number of ether oxygens (including phenoxy) is 1. The molecule has 6 heteroatoms. The number of hydrogen-bond acceptors (Lipinski definition) is 4. The molecular weight excluding hydrogens is 218 g/mol. The summed E-state index contributed by atoms with van der Waals surface area (Å²) in [7, 11) is -2.95. The standard InChI is InChI=1S/C9H17NO4S/c1-3-10(9(11)14-4-2)8-5-6-15(12,13)7-8/h8H,3-7H2,1-2H3. The van der Waals surface area contributed by atoms with Crippen LogP contribution < -0.4 is 0 Å². The third-order valence-electron chi connectivity index (χ3n) is 2.49. The summed E-state index contributed by atoms with van der Waals surface area (Å²) in [6, 6.07) is -0.209. The number of amides is 1. The zero-order valence-corrected chi connectivity index (χ0v) is 9.92. The summed E-state index contributed by atoms with van der Waals surface area (Å²) in [4.78, 5) is 13.0. The van der Waals surface area contributed by atoms with Crippen LogP contribution in [0.1, 0.15) is 20.3 Å². The molecule has 88 valence electrons. The summed E-state index contributed by atoms with van der Waals surface area (Å²) in [6.07, 6.45) is 0.108. The average Bonchev–Trinajstić information content (AvgIpc) is 2.48. The fourth-order valence-corrected chi connectivity index (χ4v) is 3.49. The van der Waals surface area contributed by atoms with E-state index < -0.39 is 15.9 Å². The van der Waals surface area contributed by atoms with E-state index in [0.29, 0.717) is 19.6 Å². The molecule has 1 heterocycles. The summed E-state index contributed by atoms with van der Waals surface area (Å²) in [5, 5.41) is 0. The molecule has 1 rings (SSSR count). The molecule has 1 saturated heterocycles. The fraction of sp³-hybridized carbons (Fsp3) is 0.889. The largest absolute Gasteiger partial charge is 0.450 e. The van der Waals surface area contributed by atoms with Crippen molar-refractivity contribution in [3.8, 4) is 0 Å². The lowest BCUT2D eigenvalue weighted by Crippen LogP contribution is -2.41. The highest BCUT2D eigenvalue weighted by atomic mass is 32.2. The second kappa shape index (κ2) is 4.83. The molecule has 0 aromatic carbocycles. The highest BCUT2D eigenvalue weighted by Gasteiger charge is 2.34. The Morgan fingerprint density at radius 2 is 2.13 bits per heavy atom. The van der Waals surface area contributed by atoms with Gasteiger partial charge >= 0.3 is 6.09 Å². The molecule has 1 aliphatic heterocycles. The number of nitrogens with zero attached hydrogens (tertiary/aromatic N) is 1. The van der Waals surface area contributed by atoms with E-state index in [1.54, 1.807) is 6.92 Å². The molecule has 0 bridgehead atoms. The minimum absolute atomic E-state index is 0.0691. The van der Waals surface area contributed by atoms with Crippen LogP contribution in [0.15, 0.2) is 0 Å². The highest BCUT2D eigenvalue weighted by Crippen LogP contribution is 2.18. The Bertz CT molecular complexity index is 325. The van der Waals surface area contributed by atoms with Crippen molar-refractivity contribution in [2.24, 2.45) is 0 Å². The van der Waals surface area contributed by atoms with Crippen molar-refractivity contribution in [1.29, 1.82) is 0 Å². The Morgan fingerprint density at radius 3 is 2.53 bits per heavy atom. The topological polar surface area (TPSA) is 63.7 Å². The molecule has 1 unspecified atom stereocenters. The van der Waals surface area contributed by atoms with Gasteiger partial charge in [-0.25, -0.2) is 13.2 Å². The van der Waals surface area contributed by atoms with Gasteiger partial charge in [-0.05, 0) is 20.3 Å². The maximum absolute atomic E-state index is 11.5. The van der Waals surface area contributed by atoms with E-state index in [-0.39, 0.29) is 17.5 Å². The van der Waals surface area contributed by atoms with Crippen molar-refractivity contribution in [1.82, 2.24) is 4.90 Å². The maximum atomic E-state index is 11.5. The zero-order valence-electron chi connectivity index (χ0n) is 9.10. The van der Waals surface area contributed by atoms with Crippen LogP contribution in [0.3, 0.4) is 0 Å². The molecule has 0 saturated carbocycles. The van der Waals surface area contributed by atoms with Crippen LogP contribution in [0.5, 0.6) is 0 Å². The predicted octanol–water partition coefficient (Wildman–Crippen LogP) is 0.652. The Kier molecular flexibility index (Phi) is 3.96. The maximum Gasteiger partial charge on any atom is 0.410 e. The number of hydrogen-bond donors (Lipinski definition) is 0. The first-order valence-corrected chi connectivity index (χ1v) is 6.96. The van der Waals surface area contributed by atoms with Gasteiger partial charge in [0.25, 0.3) is 0 Å². The molecular formula is C9H17NO4S. The first-order chi connectivity index (χ1) is 7.00. The molecule has 15 heavy (non-hydrogen) atoms. The molecule has 0 aliphatic carbocycles. The van der Waals surface area contributed by atoms with Gasteiger partial charge in [-0.15, -0.1) is 0 Å². The zero-order chi connectivity index (χ0) is 11.5. The van der Waals surface area contributed by atoms with E-state index in [0.717, 1.165) is 0 Å². The van der Waals surface area contributed by atoms with Gasteiger partial charge < -0.3 is 9.64 Å². The number of sulfone groups is 1. The van der Waals surface area contributed by atoms with Gasteiger partial charge in [0.1, 0.15) is 0 Å². The molecule has 0 aromatic rings. The lowest BCUT2D eigenvalue weighted by atomic mass is 10.2. The van der Waals surface area contributed by atoms with E-state index in [1.807, 2.05) is 6.92 Å². The molecule has 1 atom stereocenters. The van der Waals surface area contributed by atoms with Crippen LogP contribution >= 0.6 is 0 Å². The summed E-state index contributed by atoms with van der Waals surface area (Å²) >= 11 is 0. The highest BCUT2D eigenvalue weighted by molar-refractivity contribution is 7.91. The monoisotopic (exact) mass is 235 g/mol. The van der Waals surface area contributed by atoms with Crippen LogP contribution in [0.25, 0.3) is 0 Å². The Balaban J connectivity index is 2.64. The third kappa shape index (κ3) is 3.09. The quantitative estimate of drug-likeness (QED) is 0.720. The summed E-state index contributed by atoms with van der Waals surface area (Å²) in [5.74, 6) is 0.243. The van der Waals surface area contributed by atoms with Gasteiger partial charge in [-0.3, -0.25) is 0 Å². The third-order valence-corrected chi connectivity index (χ3v) is 4.24. The molecule has 0 N–H and O–H groups in total. The lowest BCUT2D eigenvalue weighted by Gasteiger charge is -2.25. The summed E-state index contributed by atoms with van der Waals surface area (Å²) in [5.41, 5.74) is 0. The van der Waals surface area contributed by atoms with Crippen molar-refractivity contribution in [2.45, 2.75) is 26.3 Å². The first-order valence-electron chi connectivity index (χ1n) is 5.14. The van der Waals surface area contributed by atoms with Crippen molar-refractivity contribution in [3.63, 3.8) is 0 Å². The normalized spacial score (nSPS) is 23.7. The van der Waals surface area contributed by atoms with Crippen molar-refractivity contribution >= 4 is 15.9 Å². The van der Waals surface area contributed by atoms with Crippen molar-refractivity contribution < 1.29 is 17.9 Å². The predicted molar refractivity (Wildman–Crippen MR) is 56.5 cm³/mol. The first kappa shape index (κ1) is 12.3. The Hall–Kier alpha value is -0.780. The Labute approximate surface area is 90.3 Å². The van der Waals surface area contributed by atoms with Gasteiger partial charge in [0.05, 0.1) is 18.1 Å². The van der Waals surface area contributed by atoms with Gasteiger partial charge in [-0.1, -0.05) is 0 Å². The van der Waals surface area contributed by atoms with Crippen molar-refractivity contribution in [2.75, 3.05) is 24.7 Å². The van der Waals surface area contributed by atoms with Gasteiger partial charge in [0.15, 0.2) is 9.84 Å². The molecule has 5 nitrogen and oxygen atoms in total. The smallest absolute Gasteiger partial charge is 0.410 e. The second-order valence-corrected chi connectivity index (χ2v) is 5.77. The van der Waals surface area contributed by atoms with Crippen LogP contribution in [0.2, 0.25) is 0 Å². The van der Waals surface area contributed by atoms with Gasteiger partial charge in [0.2, 0.25) is 0 Å². The average molecular weight is 235 g/mol. The number of rotatable bonds is 3. The minimum atomic E-state index is -2.95. The van der Waals surface area contributed by atoms with Crippen LogP contribution in [0, 0.1) is 0 Å². The van der Waals surface area contributed by atoms with Gasteiger partial charge in [0, 0.05) is 12.6 Å². The summed E-state index contributed by atoms with van der Waals surface area (Å²) in [6.45, 7) is 4.35. The van der Waals surface area contributed by atoms with Crippen LogP contribution in [-0.4, -0.2) is 50.1 Å². The van der Waals surface area contributed by atoms with E-state index in [2.05, 4.69) is 0 Å². The number of carbonyl (C=O) groups is 1. The fourth-order valence-electron chi connectivity index (χ4n) is 1.76. The van der Waals surface area contributed by atoms with E-state index in [1.165, 1.54) is 4.90 Å². The molecule has 1 amide bonds. The summed E-state index contributed by atoms with van der Waals surface area (Å²) < 4.78 is 27.4. The second-order valence-electron chi connectivity index (χ2n) is 3.54. The SMILES string of the molecule is CCOC(=O)N(CC)C1CCS(=O)(=O)C1. The minimum Gasteiger partial charge on any atom is -0.450 e. The number of carbonyl (C=O) groups excluding carboxylic acids is 1. The molecule has 1 fully saturated rings. The molecule has 1 aliphatic rings. The van der Waals surface area contributed by atoms with Crippen molar-refractivity contribution in [3.05, 3.63) is 0 Å².